The Morgan fingerprint density at radius 2 is 1.57 bits per heavy atom. The molecule has 0 bridgehead atoms. The number of imidazole rings is 1. The molecule has 5 rings (SSSR count). The van der Waals surface area contributed by atoms with Gasteiger partial charge < -0.3 is 15.3 Å². The van der Waals surface area contributed by atoms with E-state index in [1.807, 2.05) is 36.5 Å². The Bertz CT molecular complexity index is 989. The molecule has 3 N–H and O–H groups in total. The van der Waals surface area contributed by atoms with Crippen LogP contribution in [0.3, 0.4) is 0 Å². The third-order valence-electron chi connectivity index (χ3n) is 7.62. The van der Waals surface area contributed by atoms with Gasteiger partial charge in [0.1, 0.15) is 5.54 Å². The summed E-state index contributed by atoms with van der Waals surface area (Å²) in [6.07, 6.45) is 13.4. The summed E-state index contributed by atoms with van der Waals surface area (Å²) in [5.41, 5.74) is 8.62. The lowest BCUT2D eigenvalue weighted by Crippen LogP contribution is -2.58. The quantitative estimate of drug-likeness (QED) is 0.599. The van der Waals surface area contributed by atoms with Crippen molar-refractivity contribution in [1.29, 1.82) is 0 Å². The van der Waals surface area contributed by atoms with Gasteiger partial charge in [-0.05, 0) is 61.8 Å². The zero-order chi connectivity index (χ0) is 20.6. The monoisotopic (exact) mass is 404 g/mol. The van der Waals surface area contributed by atoms with E-state index < -0.39 is 5.54 Å². The van der Waals surface area contributed by atoms with Crippen LogP contribution in [0.1, 0.15) is 64.2 Å². The highest BCUT2D eigenvalue weighted by molar-refractivity contribution is 5.89. The number of aromatic amines is 1. The number of hydrogen-bond donors (Lipinski definition) is 2. The van der Waals surface area contributed by atoms with Crippen LogP contribution in [0, 0.1) is 11.8 Å². The highest BCUT2D eigenvalue weighted by Gasteiger charge is 2.53. The zero-order valence-electron chi connectivity index (χ0n) is 17.6. The van der Waals surface area contributed by atoms with Crippen molar-refractivity contribution in [3.05, 3.63) is 42.6 Å². The molecule has 2 heterocycles. The fraction of sp³-hybridized carbons (Fsp3) is 0.520. The maximum Gasteiger partial charge on any atom is 0.244 e. The fourth-order valence-corrected chi connectivity index (χ4v) is 6.35. The number of primary amides is 1. The van der Waals surface area contributed by atoms with Crippen molar-refractivity contribution in [2.75, 3.05) is 0 Å². The SMILES string of the molecule is NC(=O)C(C1CCCCC1)(C1CCCCC1)n1c(-c2ccc[nH]2)nc2ccccc21. The molecule has 2 saturated carbocycles. The number of nitrogens with two attached hydrogens (primary N) is 1. The number of aromatic nitrogens is 3. The van der Waals surface area contributed by atoms with Crippen molar-refractivity contribution < 1.29 is 4.79 Å². The van der Waals surface area contributed by atoms with Crippen molar-refractivity contribution in [3.63, 3.8) is 0 Å². The molecule has 158 valence electrons. The molecule has 5 nitrogen and oxygen atoms in total. The molecule has 30 heavy (non-hydrogen) atoms. The topological polar surface area (TPSA) is 76.7 Å². The molecule has 0 aliphatic heterocycles. The molecular weight excluding hydrogens is 372 g/mol. The van der Waals surface area contributed by atoms with E-state index in [1.165, 1.54) is 38.5 Å². The van der Waals surface area contributed by atoms with Crippen LogP contribution in [0.5, 0.6) is 0 Å². The Balaban J connectivity index is 1.82. The highest BCUT2D eigenvalue weighted by Crippen LogP contribution is 2.50. The minimum atomic E-state index is -0.725. The molecule has 2 aliphatic rings. The van der Waals surface area contributed by atoms with E-state index in [0.29, 0.717) is 0 Å². The molecule has 3 aromatic rings. The molecule has 0 radical (unpaired) electrons. The van der Waals surface area contributed by atoms with Gasteiger partial charge in [0.2, 0.25) is 5.91 Å². The van der Waals surface area contributed by atoms with Gasteiger partial charge in [0.25, 0.3) is 0 Å². The summed E-state index contributed by atoms with van der Waals surface area (Å²) >= 11 is 0. The second-order valence-corrected chi connectivity index (χ2v) is 9.20. The van der Waals surface area contributed by atoms with Crippen LogP contribution in [0.15, 0.2) is 42.6 Å². The summed E-state index contributed by atoms with van der Waals surface area (Å²) < 4.78 is 2.27. The van der Waals surface area contributed by atoms with E-state index in [2.05, 4.69) is 15.6 Å². The van der Waals surface area contributed by atoms with Crippen molar-refractivity contribution in [3.8, 4) is 11.5 Å². The number of amides is 1. The minimum absolute atomic E-state index is 0.169. The molecule has 0 saturated heterocycles. The molecule has 0 spiro atoms. The number of carbonyl (C=O) groups excluding carboxylic acids is 1. The van der Waals surface area contributed by atoms with Crippen LogP contribution in [0.2, 0.25) is 0 Å². The van der Waals surface area contributed by atoms with Gasteiger partial charge in [0, 0.05) is 6.20 Å². The van der Waals surface area contributed by atoms with E-state index in [0.717, 1.165) is 48.2 Å². The van der Waals surface area contributed by atoms with Gasteiger partial charge in [0.05, 0.1) is 16.7 Å². The van der Waals surface area contributed by atoms with Crippen LogP contribution >= 0.6 is 0 Å². The first-order valence-electron chi connectivity index (χ1n) is 11.6. The summed E-state index contributed by atoms with van der Waals surface area (Å²) in [5, 5.41) is 0. The predicted octanol–water partition coefficient (Wildman–Crippen LogP) is 5.37. The number of para-hydroxylation sites is 2. The summed E-state index contributed by atoms with van der Waals surface area (Å²) in [6.45, 7) is 0. The van der Waals surface area contributed by atoms with E-state index in [1.54, 1.807) is 0 Å². The van der Waals surface area contributed by atoms with E-state index in [-0.39, 0.29) is 17.7 Å². The summed E-state index contributed by atoms with van der Waals surface area (Å²) in [6, 6.07) is 12.3. The number of H-pyrrole nitrogens is 1. The summed E-state index contributed by atoms with van der Waals surface area (Å²) in [5.74, 6) is 1.20. The first-order chi connectivity index (χ1) is 14.7. The average Bonchev–Trinajstić information content (AvgIpc) is 3.44. The molecule has 0 unspecified atom stereocenters. The smallest absolute Gasteiger partial charge is 0.244 e. The van der Waals surface area contributed by atoms with Gasteiger partial charge >= 0.3 is 0 Å². The maximum absolute atomic E-state index is 13.6. The van der Waals surface area contributed by atoms with Crippen LogP contribution in [0.25, 0.3) is 22.6 Å². The summed E-state index contributed by atoms with van der Waals surface area (Å²) in [4.78, 5) is 22.0. The summed E-state index contributed by atoms with van der Waals surface area (Å²) in [7, 11) is 0. The van der Waals surface area contributed by atoms with Crippen molar-refractivity contribution in [1.82, 2.24) is 14.5 Å². The standard InChI is InChI=1S/C25H32N4O/c26-24(30)25(18-10-3-1-4-11-18,19-12-5-2-6-13-19)29-22-16-8-7-14-20(22)28-23(29)21-15-9-17-27-21/h7-9,14-19,27H,1-6,10-13H2,(H2,26,30). The normalized spacial score (nSPS) is 19.3. The van der Waals surface area contributed by atoms with Crippen molar-refractivity contribution >= 4 is 16.9 Å². The number of rotatable bonds is 5. The van der Waals surface area contributed by atoms with Crippen LogP contribution in [0.4, 0.5) is 0 Å². The number of nitrogens with one attached hydrogen (secondary N) is 1. The van der Waals surface area contributed by atoms with Crippen molar-refractivity contribution in [2.24, 2.45) is 17.6 Å². The number of benzene rings is 1. The molecule has 2 aromatic heterocycles. The molecule has 0 atom stereocenters. The first-order valence-corrected chi connectivity index (χ1v) is 11.6. The molecule has 1 amide bonds. The fourth-order valence-electron chi connectivity index (χ4n) is 6.35. The molecule has 2 fully saturated rings. The van der Waals surface area contributed by atoms with Gasteiger partial charge in [0.15, 0.2) is 5.82 Å². The Morgan fingerprint density at radius 1 is 0.933 bits per heavy atom. The van der Waals surface area contributed by atoms with E-state index >= 15 is 0 Å². The molecule has 1 aromatic carbocycles. The Kier molecular flexibility index (Phi) is 5.13. The molecular formula is C25H32N4O. The predicted molar refractivity (Wildman–Crippen MR) is 120 cm³/mol. The van der Waals surface area contributed by atoms with Crippen LogP contribution in [-0.2, 0) is 10.3 Å². The highest BCUT2D eigenvalue weighted by atomic mass is 16.1. The number of carbonyl (C=O) groups is 1. The second-order valence-electron chi connectivity index (χ2n) is 9.20. The van der Waals surface area contributed by atoms with Gasteiger partial charge in [-0.3, -0.25) is 4.79 Å². The maximum atomic E-state index is 13.6. The van der Waals surface area contributed by atoms with Gasteiger partial charge in [-0.25, -0.2) is 4.98 Å². The van der Waals surface area contributed by atoms with Gasteiger partial charge in [-0.2, -0.15) is 0 Å². The minimum Gasteiger partial charge on any atom is -0.368 e. The zero-order valence-corrected chi connectivity index (χ0v) is 17.6. The lowest BCUT2D eigenvalue weighted by Gasteiger charge is -2.48. The Morgan fingerprint density at radius 3 is 2.13 bits per heavy atom. The number of fused-ring (bicyclic) bond motifs is 1. The van der Waals surface area contributed by atoms with E-state index in [9.17, 15) is 4.79 Å². The van der Waals surface area contributed by atoms with Gasteiger partial charge in [-0.15, -0.1) is 0 Å². The second kappa shape index (κ2) is 7.93. The van der Waals surface area contributed by atoms with Crippen LogP contribution < -0.4 is 5.73 Å². The third-order valence-corrected chi connectivity index (χ3v) is 7.62. The Hall–Kier alpha value is -2.56. The lowest BCUT2D eigenvalue weighted by atomic mass is 9.63. The Labute approximate surface area is 178 Å². The molecule has 2 aliphatic carbocycles. The average molecular weight is 405 g/mol. The van der Waals surface area contributed by atoms with E-state index in [4.69, 9.17) is 10.7 Å². The van der Waals surface area contributed by atoms with Crippen molar-refractivity contribution in [2.45, 2.75) is 69.7 Å². The third kappa shape index (κ3) is 2.98. The lowest BCUT2D eigenvalue weighted by molar-refractivity contribution is -0.135. The number of hydrogen-bond acceptors (Lipinski definition) is 2. The number of nitrogens with zero attached hydrogens (tertiary/aromatic N) is 2. The largest absolute Gasteiger partial charge is 0.368 e. The van der Waals surface area contributed by atoms with Crippen LogP contribution in [-0.4, -0.2) is 20.4 Å². The van der Waals surface area contributed by atoms with Gasteiger partial charge in [-0.1, -0.05) is 50.7 Å². The first kappa shape index (κ1) is 19.4. The molecule has 5 heteroatoms.